The molecule has 1 rings (SSSR count). The third-order valence-electron chi connectivity index (χ3n) is 3.12. The lowest BCUT2D eigenvalue weighted by Gasteiger charge is -2.17. The highest BCUT2D eigenvalue weighted by Gasteiger charge is 2.25. The maximum Gasteiger partial charge on any atom is 0.306 e. The molecule has 6 heteroatoms. The summed E-state index contributed by atoms with van der Waals surface area (Å²) in [4.78, 5) is 23.7. The number of methoxy groups -OCH3 is 4. The smallest absolute Gasteiger partial charge is 0.306 e. The van der Waals surface area contributed by atoms with E-state index in [0.29, 0.717) is 22.8 Å². The van der Waals surface area contributed by atoms with E-state index in [1.165, 1.54) is 28.4 Å². The quantitative estimate of drug-likeness (QED) is 0.567. The third kappa shape index (κ3) is 3.65. The van der Waals surface area contributed by atoms with Crippen LogP contribution in [0.25, 0.3) is 0 Å². The van der Waals surface area contributed by atoms with Crippen LogP contribution in [0.1, 0.15) is 23.7 Å². The number of ketones is 1. The molecule has 1 aromatic carbocycles. The molecule has 0 radical (unpaired) electrons. The summed E-state index contributed by atoms with van der Waals surface area (Å²) in [5.41, 5.74) is 0.339. The highest BCUT2D eigenvalue weighted by molar-refractivity contribution is 6.02. The standard InChI is InChI=1S/C15H20O6/c1-9(8-12(16)19-3)13(17)10-6-7-11(18-2)15(21-5)14(10)20-4/h6-7,9H,8H2,1-5H3. The zero-order valence-electron chi connectivity index (χ0n) is 12.9. The molecule has 0 spiro atoms. The highest BCUT2D eigenvalue weighted by Crippen LogP contribution is 2.40. The van der Waals surface area contributed by atoms with Gasteiger partial charge in [-0.2, -0.15) is 0 Å². The SMILES string of the molecule is COC(=O)CC(C)C(=O)c1ccc(OC)c(OC)c1OC. The average Bonchev–Trinajstić information content (AvgIpc) is 2.51. The lowest BCUT2D eigenvalue weighted by atomic mass is 9.95. The Morgan fingerprint density at radius 2 is 1.62 bits per heavy atom. The van der Waals surface area contributed by atoms with Gasteiger partial charge >= 0.3 is 5.97 Å². The van der Waals surface area contributed by atoms with Crippen molar-refractivity contribution in [2.75, 3.05) is 28.4 Å². The van der Waals surface area contributed by atoms with Gasteiger partial charge < -0.3 is 18.9 Å². The Hall–Kier alpha value is -2.24. The predicted octanol–water partition coefficient (Wildman–Crippen LogP) is 2.09. The second kappa shape index (κ2) is 7.52. The zero-order chi connectivity index (χ0) is 16.0. The lowest BCUT2D eigenvalue weighted by molar-refractivity contribution is -0.141. The molecule has 0 heterocycles. The Labute approximate surface area is 123 Å². The molecule has 21 heavy (non-hydrogen) atoms. The van der Waals surface area contributed by atoms with E-state index < -0.39 is 11.9 Å². The van der Waals surface area contributed by atoms with Crippen molar-refractivity contribution in [3.63, 3.8) is 0 Å². The summed E-state index contributed by atoms with van der Waals surface area (Å²) in [6.07, 6.45) is 0.00678. The second-order valence-electron chi connectivity index (χ2n) is 4.43. The van der Waals surface area contributed by atoms with Gasteiger partial charge in [0.1, 0.15) is 0 Å². The summed E-state index contributed by atoms with van der Waals surface area (Å²) >= 11 is 0. The Morgan fingerprint density at radius 3 is 2.10 bits per heavy atom. The Balaban J connectivity index is 3.17. The van der Waals surface area contributed by atoms with Gasteiger partial charge in [-0.3, -0.25) is 9.59 Å². The van der Waals surface area contributed by atoms with Crippen molar-refractivity contribution in [1.82, 2.24) is 0 Å². The fraction of sp³-hybridized carbons (Fsp3) is 0.467. The van der Waals surface area contributed by atoms with Crippen LogP contribution in [0, 0.1) is 5.92 Å². The number of hydrogen-bond donors (Lipinski definition) is 0. The Kier molecular flexibility index (Phi) is 6.02. The first-order valence-electron chi connectivity index (χ1n) is 6.40. The first-order chi connectivity index (χ1) is 9.99. The second-order valence-corrected chi connectivity index (χ2v) is 4.43. The van der Waals surface area contributed by atoms with Crippen LogP contribution >= 0.6 is 0 Å². The number of esters is 1. The van der Waals surface area contributed by atoms with Gasteiger partial charge in [0.05, 0.1) is 40.4 Å². The number of carbonyl (C=O) groups is 2. The van der Waals surface area contributed by atoms with E-state index in [1.807, 2.05) is 0 Å². The Morgan fingerprint density at radius 1 is 1.00 bits per heavy atom. The summed E-state index contributed by atoms with van der Waals surface area (Å²) in [7, 11) is 5.70. The van der Waals surface area contributed by atoms with Crippen molar-refractivity contribution in [2.24, 2.45) is 5.92 Å². The lowest BCUT2D eigenvalue weighted by Crippen LogP contribution is -2.17. The number of hydrogen-bond acceptors (Lipinski definition) is 6. The number of ether oxygens (including phenoxy) is 4. The molecule has 1 unspecified atom stereocenters. The minimum Gasteiger partial charge on any atom is -0.493 e. The van der Waals surface area contributed by atoms with Crippen molar-refractivity contribution in [3.8, 4) is 17.2 Å². The van der Waals surface area contributed by atoms with Crippen molar-refractivity contribution in [3.05, 3.63) is 17.7 Å². The molecule has 0 aliphatic carbocycles. The molecule has 1 atom stereocenters. The van der Waals surface area contributed by atoms with Crippen LogP contribution in [0.3, 0.4) is 0 Å². The zero-order valence-corrected chi connectivity index (χ0v) is 12.9. The summed E-state index contributed by atoms with van der Waals surface area (Å²) in [5.74, 6) is -0.0841. The molecule has 0 aliphatic rings. The first-order valence-corrected chi connectivity index (χ1v) is 6.40. The molecule has 116 valence electrons. The summed E-state index contributed by atoms with van der Waals surface area (Å²) in [6, 6.07) is 3.22. The van der Waals surface area contributed by atoms with E-state index in [9.17, 15) is 9.59 Å². The number of rotatable bonds is 7. The van der Waals surface area contributed by atoms with Crippen molar-refractivity contribution in [1.29, 1.82) is 0 Å². The Bertz CT molecular complexity index is 523. The van der Waals surface area contributed by atoms with Crippen molar-refractivity contribution >= 4 is 11.8 Å². The van der Waals surface area contributed by atoms with Crippen LogP contribution in [0.15, 0.2) is 12.1 Å². The van der Waals surface area contributed by atoms with Crippen molar-refractivity contribution < 1.29 is 28.5 Å². The number of Topliss-reactive ketones (excluding diaryl/α,β-unsaturated/α-hetero) is 1. The molecular weight excluding hydrogens is 276 g/mol. The van der Waals surface area contributed by atoms with Crippen LogP contribution < -0.4 is 14.2 Å². The highest BCUT2D eigenvalue weighted by atomic mass is 16.5. The number of carbonyl (C=O) groups excluding carboxylic acids is 2. The average molecular weight is 296 g/mol. The van der Waals surface area contributed by atoms with E-state index in [2.05, 4.69) is 4.74 Å². The van der Waals surface area contributed by atoms with Gasteiger partial charge in [-0.1, -0.05) is 6.92 Å². The van der Waals surface area contributed by atoms with Crippen LogP contribution in [0.4, 0.5) is 0 Å². The molecule has 0 saturated carbocycles. The largest absolute Gasteiger partial charge is 0.493 e. The minimum atomic E-state index is -0.524. The normalized spacial score (nSPS) is 11.5. The fourth-order valence-corrected chi connectivity index (χ4v) is 1.99. The summed E-state index contributed by atoms with van der Waals surface area (Å²) < 4.78 is 20.3. The summed E-state index contributed by atoms with van der Waals surface area (Å²) in [5, 5.41) is 0. The topological polar surface area (TPSA) is 71.1 Å². The predicted molar refractivity (Wildman–Crippen MR) is 76.2 cm³/mol. The van der Waals surface area contributed by atoms with Gasteiger partial charge in [-0.05, 0) is 12.1 Å². The molecule has 0 N–H and O–H groups in total. The molecule has 0 saturated heterocycles. The molecule has 0 amide bonds. The molecule has 6 nitrogen and oxygen atoms in total. The molecular formula is C15H20O6. The van der Waals surface area contributed by atoms with Gasteiger partial charge in [-0.25, -0.2) is 0 Å². The summed E-state index contributed by atoms with van der Waals surface area (Å²) in [6.45, 7) is 1.66. The molecule has 0 aromatic heterocycles. The first kappa shape index (κ1) is 16.8. The molecule has 1 aromatic rings. The van der Waals surface area contributed by atoms with Crippen LogP contribution in [-0.2, 0) is 9.53 Å². The minimum absolute atomic E-state index is 0.00678. The number of benzene rings is 1. The van der Waals surface area contributed by atoms with Gasteiger partial charge in [0.15, 0.2) is 17.3 Å². The van der Waals surface area contributed by atoms with Gasteiger partial charge in [-0.15, -0.1) is 0 Å². The maximum absolute atomic E-state index is 12.5. The van der Waals surface area contributed by atoms with E-state index in [-0.39, 0.29) is 12.2 Å². The van der Waals surface area contributed by atoms with Gasteiger partial charge in [0, 0.05) is 5.92 Å². The molecule has 0 bridgehead atoms. The van der Waals surface area contributed by atoms with Gasteiger partial charge in [0.2, 0.25) is 5.75 Å². The van der Waals surface area contributed by atoms with E-state index >= 15 is 0 Å². The van der Waals surface area contributed by atoms with E-state index in [0.717, 1.165) is 0 Å². The van der Waals surface area contributed by atoms with Crippen LogP contribution in [0.5, 0.6) is 17.2 Å². The monoisotopic (exact) mass is 296 g/mol. The van der Waals surface area contributed by atoms with Crippen LogP contribution in [-0.4, -0.2) is 40.2 Å². The van der Waals surface area contributed by atoms with Crippen LogP contribution in [0.2, 0.25) is 0 Å². The maximum atomic E-state index is 12.5. The van der Waals surface area contributed by atoms with Crippen molar-refractivity contribution in [2.45, 2.75) is 13.3 Å². The van der Waals surface area contributed by atoms with E-state index in [1.54, 1.807) is 19.1 Å². The fourth-order valence-electron chi connectivity index (χ4n) is 1.99. The molecule has 0 aliphatic heterocycles. The van der Waals surface area contributed by atoms with E-state index in [4.69, 9.17) is 14.2 Å². The third-order valence-corrected chi connectivity index (χ3v) is 3.12. The van der Waals surface area contributed by atoms with Gasteiger partial charge in [0.25, 0.3) is 0 Å². The molecule has 0 fully saturated rings.